The monoisotopic (exact) mass is 422 g/mol. The molecule has 1 aromatic rings. The molecule has 0 aromatic heterocycles. The van der Waals surface area contributed by atoms with Crippen molar-refractivity contribution in [2.45, 2.75) is 58.4 Å². The number of fused-ring (bicyclic) bond motifs is 1. The summed E-state index contributed by atoms with van der Waals surface area (Å²) in [5, 5.41) is 4.10. The number of likely N-dealkylation sites (tertiary alicyclic amines) is 1. The van der Waals surface area contributed by atoms with E-state index in [2.05, 4.69) is 31.0 Å². The minimum Gasteiger partial charge on any atom is -0.492 e. The number of halogens is 1. The van der Waals surface area contributed by atoms with Crippen LogP contribution >= 0.6 is 11.6 Å². The summed E-state index contributed by atoms with van der Waals surface area (Å²) in [4.78, 5) is 15.6. The SMILES string of the molecule is COCCCN1CCC(CC(=O)c2cc(Cl)c(NC(C)(C)C)c3c2OCC3)CC1. The number of carbonyl (C=O) groups excluding carboxylic acids is 1. The number of anilines is 1. The maximum absolute atomic E-state index is 13.1. The standard InChI is InChI=1S/C23H35ClN2O3/c1-23(2,3)25-21-17-8-13-29-22(17)18(15-19(21)24)20(27)14-16-6-10-26(11-7-16)9-5-12-28-4/h15-16,25H,5-14H2,1-4H3. The van der Waals surface area contributed by atoms with Crippen molar-refractivity contribution in [3.05, 3.63) is 22.2 Å². The zero-order valence-electron chi connectivity index (χ0n) is 18.3. The molecule has 162 valence electrons. The molecule has 2 heterocycles. The molecule has 1 N–H and O–H groups in total. The number of Topliss-reactive ketones (excluding diaryl/α,β-unsaturated/α-hetero) is 1. The van der Waals surface area contributed by atoms with Crippen LogP contribution in [-0.4, -0.2) is 56.2 Å². The number of ketones is 1. The average molecular weight is 423 g/mol. The Kier molecular flexibility index (Phi) is 7.47. The van der Waals surface area contributed by atoms with E-state index in [1.807, 2.05) is 6.07 Å². The molecule has 0 bridgehead atoms. The molecular weight excluding hydrogens is 388 g/mol. The summed E-state index contributed by atoms with van der Waals surface area (Å²) in [5.74, 6) is 1.33. The molecule has 1 fully saturated rings. The number of nitrogens with one attached hydrogen (secondary N) is 1. The first kappa shape index (κ1) is 22.4. The zero-order chi connectivity index (χ0) is 21.0. The highest BCUT2D eigenvalue weighted by Crippen LogP contribution is 2.42. The van der Waals surface area contributed by atoms with E-state index in [-0.39, 0.29) is 11.3 Å². The Morgan fingerprint density at radius 3 is 2.72 bits per heavy atom. The molecular formula is C23H35ClN2O3. The molecule has 2 aliphatic rings. The van der Waals surface area contributed by atoms with E-state index in [4.69, 9.17) is 21.1 Å². The summed E-state index contributed by atoms with van der Waals surface area (Å²) in [7, 11) is 1.75. The fraction of sp³-hybridized carbons (Fsp3) is 0.696. The van der Waals surface area contributed by atoms with Gasteiger partial charge < -0.3 is 19.7 Å². The lowest BCUT2D eigenvalue weighted by molar-refractivity contribution is 0.0919. The maximum atomic E-state index is 13.1. The van der Waals surface area contributed by atoms with Gasteiger partial charge in [-0.25, -0.2) is 0 Å². The number of hydrogen-bond acceptors (Lipinski definition) is 5. The summed E-state index contributed by atoms with van der Waals surface area (Å²) in [5.41, 5.74) is 2.50. The van der Waals surface area contributed by atoms with E-state index in [9.17, 15) is 4.79 Å². The zero-order valence-corrected chi connectivity index (χ0v) is 19.0. The third-order valence-corrected chi connectivity index (χ3v) is 6.03. The van der Waals surface area contributed by atoms with Crippen LogP contribution in [0.15, 0.2) is 6.07 Å². The van der Waals surface area contributed by atoms with E-state index in [1.165, 1.54) is 0 Å². The Labute approximate surface area is 180 Å². The largest absolute Gasteiger partial charge is 0.492 e. The van der Waals surface area contributed by atoms with E-state index < -0.39 is 0 Å². The van der Waals surface area contributed by atoms with Gasteiger partial charge >= 0.3 is 0 Å². The predicted molar refractivity (Wildman–Crippen MR) is 119 cm³/mol. The van der Waals surface area contributed by atoms with Gasteiger partial charge in [-0.2, -0.15) is 0 Å². The van der Waals surface area contributed by atoms with Gasteiger partial charge in [0.15, 0.2) is 5.78 Å². The summed E-state index contributed by atoms with van der Waals surface area (Å²) in [6, 6.07) is 1.81. The molecule has 0 saturated carbocycles. The molecule has 0 aliphatic carbocycles. The molecule has 5 nitrogen and oxygen atoms in total. The number of hydrogen-bond donors (Lipinski definition) is 1. The second-order valence-corrected chi connectivity index (χ2v) is 9.73. The van der Waals surface area contributed by atoms with Crippen molar-refractivity contribution in [3.8, 4) is 5.75 Å². The number of benzene rings is 1. The molecule has 0 unspecified atom stereocenters. The fourth-order valence-corrected chi connectivity index (χ4v) is 4.55. The molecule has 1 saturated heterocycles. The Morgan fingerprint density at radius 1 is 1.34 bits per heavy atom. The van der Waals surface area contributed by atoms with Crippen LogP contribution in [0.5, 0.6) is 5.75 Å². The molecule has 1 aromatic carbocycles. The van der Waals surface area contributed by atoms with E-state index in [1.54, 1.807) is 7.11 Å². The van der Waals surface area contributed by atoms with Crippen molar-refractivity contribution in [2.75, 3.05) is 45.3 Å². The lowest BCUT2D eigenvalue weighted by Crippen LogP contribution is -2.35. The lowest BCUT2D eigenvalue weighted by atomic mass is 9.89. The third kappa shape index (κ3) is 5.87. The number of methoxy groups -OCH3 is 1. The molecule has 0 amide bonds. The highest BCUT2D eigenvalue weighted by Gasteiger charge is 2.29. The maximum Gasteiger partial charge on any atom is 0.166 e. The van der Waals surface area contributed by atoms with Crippen LogP contribution in [0.4, 0.5) is 5.69 Å². The summed E-state index contributed by atoms with van der Waals surface area (Å²) in [6.45, 7) is 10.9. The van der Waals surface area contributed by atoms with Crippen LogP contribution in [-0.2, 0) is 11.2 Å². The number of rotatable bonds is 8. The highest BCUT2D eigenvalue weighted by atomic mass is 35.5. The van der Waals surface area contributed by atoms with Gasteiger partial charge in [-0.1, -0.05) is 11.6 Å². The lowest BCUT2D eigenvalue weighted by Gasteiger charge is -2.31. The minimum atomic E-state index is -0.108. The quantitative estimate of drug-likeness (QED) is 0.481. The topological polar surface area (TPSA) is 50.8 Å². The molecule has 0 spiro atoms. The summed E-state index contributed by atoms with van der Waals surface area (Å²) in [6.07, 6.45) is 4.56. The first-order valence-corrected chi connectivity index (χ1v) is 11.2. The second kappa shape index (κ2) is 9.67. The van der Waals surface area contributed by atoms with Gasteiger partial charge in [0.1, 0.15) is 5.75 Å². The van der Waals surface area contributed by atoms with Gasteiger partial charge in [0.2, 0.25) is 0 Å². The number of nitrogens with zero attached hydrogens (tertiary/aromatic N) is 1. The Balaban J connectivity index is 1.65. The van der Waals surface area contributed by atoms with Crippen LogP contribution in [0.2, 0.25) is 5.02 Å². The van der Waals surface area contributed by atoms with Gasteiger partial charge in [-0.3, -0.25) is 4.79 Å². The molecule has 0 radical (unpaired) electrons. The van der Waals surface area contributed by atoms with Crippen molar-refractivity contribution in [2.24, 2.45) is 5.92 Å². The predicted octanol–water partition coefficient (Wildman–Crippen LogP) is 4.81. The van der Waals surface area contributed by atoms with E-state index in [0.717, 1.165) is 68.9 Å². The summed E-state index contributed by atoms with van der Waals surface area (Å²) < 4.78 is 11.0. The van der Waals surface area contributed by atoms with E-state index >= 15 is 0 Å². The molecule has 3 rings (SSSR count). The first-order chi connectivity index (χ1) is 13.8. The van der Waals surface area contributed by atoms with Crippen LogP contribution < -0.4 is 10.1 Å². The Bertz CT molecular complexity index is 722. The van der Waals surface area contributed by atoms with Crippen molar-refractivity contribution < 1.29 is 14.3 Å². The van der Waals surface area contributed by atoms with Crippen LogP contribution in [0, 0.1) is 5.92 Å². The van der Waals surface area contributed by atoms with E-state index in [0.29, 0.717) is 29.5 Å². The van der Waals surface area contributed by atoms with Crippen molar-refractivity contribution in [3.63, 3.8) is 0 Å². The number of piperidine rings is 1. The smallest absolute Gasteiger partial charge is 0.166 e. The second-order valence-electron chi connectivity index (χ2n) is 9.32. The van der Waals surface area contributed by atoms with Crippen molar-refractivity contribution in [1.29, 1.82) is 0 Å². The Hall–Kier alpha value is -1.30. The number of ether oxygens (including phenoxy) is 2. The molecule has 2 aliphatic heterocycles. The fourth-order valence-electron chi connectivity index (χ4n) is 4.28. The minimum absolute atomic E-state index is 0.108. The average Bonchev–Trinajstić information content (AvgIpc) is 3.14. The van der Waals surface area contributed by atoms with Crippen molar-refractivity contribution >= 4 is 23.1 Å². The number of carbonyl (C=O) groups is 1. The van der Waals surface area contributed by atoms with Crippen LogP contribution in [0.3, 0.4) is 0 Å². The normalized spacial score (nSPS) is 17.8. The van der Waals surface area contributed by atoms with Gasteiger partial charge in [0, 0.05) is 44.2 Å². The molecule has 6 heteroatoms. The first-order valence-electron chi connectivity index (χ1n) is 10.8. The van der Waals surface area contributed by atoms with Gasteiger partial charge in [0.25, 0.3) is 0 Å². The van der Waals surface area contributed by atoms with Gasteiger partial charge in [0.05, 0.1) is 22.9 Å². The summed E-state index contributed by atoms with van der Waals surface area (Å²) >= 11 is 6.60. The van der Waals surface area contributed by atoms with Crippen LogP contribution in [0.1, 0.15) is 62.4 Å². The third-order valence-electron chi connectivity index (χ3n) is 5.73. The van der Waals surface area contributed by atoms with Gasteiger partial charge in [-0.05, 0) is 65.1 Å². The molecule has 0 atom stereocenters. The van der Waals surface area contributed by atoms with Crippen LogP contribution in [0.25, 0.3) is 0 Å². The Morgan fingerprint density at radius 2 is 2.07 bits per heavy atom. The van der Waals surface area contributed by atoms with Gasteiger partial charge in [-0.15, -0.1) is 0 Å². The highest BCUT2D eigenvalue weighted by molar-refractivity contribution is 6.34. The molecule has 29 heavy (non-hydrogen) atoms. The van der Waals surface area contributed by atoms with Crippen molar-refractivity contribution in [1.82, 2.24) is 4.90 Å².